The van der Waals surface area contributed by atoms with Crippen LogP contribution in [0.3, 0.4) is 0 Å². The van der Waals surface area contributed by atoms with Gasteiger partial charge in [-0.3, -0.25) is 0 Å². The van der Waals surface area contributed by atoms with E-state index in [1.54, 1.807) is 0 Å². The first-order chi connectivity index (χ1) is 4.97. The van der Waals surface area contributed by atoms with Gasteiger partial charge in [-0.1, -0.05) is 30.4 Å². The highest BCUT2D eigenvalue weighted by Crippen LogP contribution is 2.18. The number of nitrogens with one attached hydrogen (secondary N) is 1. The van der Waals surface area contributed by atoms with Gasteiger partial charge in [0.25, 0.3) is 0 Å². The quantitative estimate of drug-likeness (QED) is 0.528. The van der Waals surface area contributed by atoms with Crippen molar-refractivity contribution in [3.05, 3.63) is 48.4 Å². The highest BCUT2D eigenvalue weighted by molar-refractivity contribution is 5.33. The number of fused-ring (bicyclic) bond motifs is 1. The molecule has 2 rings (SSSR count). The Morgan fingerprint density at radius 3 is 3.10 bits per heavy atom. The third kappa shape index (κ3) is 0.798. The summed E-state index contributed by atoms with van der Waals surface area (Å²) in [5, 5.41) is 3.18. The van der Waals surface area contributed by atoms with Crippen LogP contribution in [0.1, 0.15) is 0 Å². The van der Waals surface area contributed by atoms with Crippen LogP contribution in [-0.4, -0.2) is 0 Å². The van der Waals surface area contributed by atoms with Crippen LogP contribution in [0, 0.1) is 5.92 Å². The van der Waals surface area contributed by atoms with E-state index in [0.29, 0.717) is 5.92 Å². The minimum atomic E-state index is 0.481. The van der Waals surface area contributed by atoms with E-state index >= 15 is 0 Å². The molecule has 1 heteroatoms. The predicted octanol–water partition coefficient (Wildman–Crippen LogP) is 1.73. The van der Waals surface area contributed by atoms with E-state index in [-0.39, 0.29) is 0 Å². The smallest absolute Gasteiger partial charge is 0.0370 e. The first kappa shape index (κ1) is 5.54. The molecule has 0 aromatic heterocycles. The Morgan fingerprint density at radius 2 is 2.10 bits per heavy atom. The second-order valence-electron chi connectivity index (χ2n) is 2.42. The molecule has 0 aromatic rings. The zero-order valence-electron chi connectivity index (χ0n) is 5.62. The van der Waals surface area contributed by atoms with Crippen LogP contribution < -0.4 is 5.32 Å². The normalized spacial score (nSPS) is 27.2. The van der Waals surface area contributed by atoms with Crippen molar-refractivity contribution in [1.29, 1.82) is 0 Å². The van der Waals surface area contributed by atoms with Crippen molar-refractivity contribution < 1.29 is 0 Å². The predicted molar refractivity (Wildman–Crippen MR) is 42.1 cm³/mol. The van der Waals surface area contributed by atoms with E-state index in [1.807, 2.05) is 18.4 Å². The van der Waals surface area contributed by atoms with E-state index < -0.39 is 0 Å². The molecule has 0 bridgehead atoms. The van der Waals surface area contributed by atoms with Gasteiger partial charge >= 0.3 is 0 Å². The average Bonchev–Trinajstić information content (AvgIpc) is 2.28. The van der Waals surface area contributed by atoms with Crippen LogP contribution in [0.25, 0.3) is 0 Å². The standard InChI is InChI=1S/C9H9N/c1-2-4-8-6-7-10-9(8)5-3-1/h1-8,10H. The fourth-order valence-corrected chi connectivity index (χ4v) is 1.18. The number of rotatable bonds is 0. The summed E-state index contributed by atoms with van der Waals surface area (Å²) in [4.78, 5) is 0. The molecule has 1 aliphatic carbocycles. The first-order valence-electron chi connectivity index (χ1n) is 3.45. The molecule has 1 atom stereocenters. The van der Waals surface area contributed by atoms with E-state index in [9.17, 15) is 0 Å². The minimum absolute atomic E-state index is 0.481. The summed E-state index contributed by atoms with van der Waals surface area (Å²) >= 11 is 0. The van der Waals surface area contributed by atoms with Crippen molar-refractivity contribution in [2.24, 2.45) is 5.92 Å². The van der Waals surface area contributed by atoms with Gasteiger partial charge in [-0.15, -0.1) is 0 Å². The van der Waals surface area contributed by atoms with E-state index in [1.165, 1.54) is 5.70 Å². The molecule has 0 saturated heterocycles. The van der Waals surface area contributed by atoms with Crippen LogP contribution in [-0.2, 0) is 0 Å². The lowest BCUT2D eigenvalue weighted by molar-refractivity contribution is 0.931. The maximum atomic E-state index is 3.18. The topological polar surface area (TPSA) is 12.0 Å². The van der Waals surface area contributed by atoms with Crippen molar-refractivity contribution >= 4 is 0 Å². The number of hydrogen-bond donors (Lipinski definition) is 1. The Hall–Kier alpha value is -1.24. The van der Waals surface area contributed by atoms with Gasteiger partial charge in [-0.25, -0.2) is 0 Å². The lowest BCUT2D eigenvalue weighted by atomic mass is 10.1. The van der Waals surface area contributed by atoms with Gasteiger partial charge < -0.3 is 5.32 Å². The molecule has 1 aliphatic heterocycles. The highest BCUT2D eigenvalue weighted by Gasteiger charge is 2.10. The molecular formula is C9H9N. The summed E-state index contributed by atoms with van der Waals surface area (Å²) in [6.07, 6.45) is 14.6. The van der Waals surface area contributed by atoms with Gasteiger partial charge in [-0.05, 0) is 12.3 Å². The Labute approximate surface area is 60.4 Å². The number of hydrogen-bond acceptors (Lipinski definition) is 1. The average molecular weight is 131 g/mol. The molecule has 0 saturated carbocycles. The third-order valence-corrected chi connectivity index (χ3v) is 1.73. The van der Waals surface area contributed by atoms with Gasteiger partial charge in [0.2, 0.25) is 0 Å². The second-order valence-corrected chi connectivity index (χ2v) is 2.42. The van der Waals surface area contributed by atoms with Crippen molar-refractivity contribution in [2.45, 2.75) is 0 Å². The molecular weight excluding hydrogens is 122 g/mol. The monoisotopic (exact) mass is 131 g/mol. The van der Waals surface area contributed by atoms with Gasteiger partial charge in [0.1, 0.15) is 0 Å². The van der Waals surface area contributed by atoms with Gasteiger partial charge in [0.15, 0.2) is 0 Å². The summed E-state index contributed by atoms with van der Waals surface area (Å²) in [6.45, 7) is 0. The fourth-order valence-electron chi connectivity index (χ4n) is 1.18. The van der Waals surface area contributed by atoms with Crippen molar-refractivity contribution in [3.8, 4) is 0 Å². The molecule has 0 spiro atoms. The summed E-state index contributed by atoms with van der Waals surface area (Å²) in [7, 11) is 0. The second kappa shape index (κ2) is 2.18. The molecule has 1 N–H and O–H groups in total. The molecule has 1 heterocycles. The van der Waals surface area contributed by atoms with Gasteiger partial charge in [0, 0.05) is 11.6 Å². The Bertz CT molecular complexity index is 243. The molecule has 0 fully saturated rings. The molecule has 1 nitrogen and oxygen atoms in total. The Kier molecular flexibility index (Phi) is 1.21. The number of allylic oxidation sites excluding steroid dienone is 5. The van der Waals surface area contributed by atoms with Gasteiger partial charge in [0.05, 0.1) is 0 Å². The molecule has 1 unspecified atom stereocenters. The van der Waals surface area contributed by atoms with Crippen molar-refractivity contribution in [3.63, 3.8) is 0 Å². The fraction of sp³-hybridized carbons (Fsp3) is 0.111. The zero-order chi connectivity index (χ0) is 6.81. The summed E-state index contributed by atoms with van der Waals surface area (Å²) in [6, 6.07) is 0. The highest BCUT2D eigenvalue weighted by atomic mass is 14.9. The summed E-state index contributed by atoms with van der Waals surface area (Å²) < 4.78 is 0. The molecule has 0 amide bonds. The molecule has 2 aliphatic rings. The SMILES string of the molecule is C1=CC=C2NC=CC2C=C1. The maximum Gasteiger partial charge on any atom is 0.0370 e. The minimum Gasteiger partial charge on any atom is -0.365 e. The van der Waals surface area contributed by atoms with Crippen molar-refractivity contribution in [2.75, 3.05) is 0 Å². The van der Waals surface area contributed by atoms with Gasteiger partial charge in [-0.2, -0.15) is 0 Å². The summed E-state index contributed by atoms with van der Waals surface area (Å²) in [5.41, 5.74) is 1.27. The van der Waals surface area contributed by atoms with Crippen LogP contribution in [0.4, 0.5) is 0 Å². The Balaban J connectivity index is 2.35. The molecule has 10 heavy (non-hydrogen) atoms. The molecule has 0 radical (unpaired) electrons. The zero-order valence-corrected chi connectivity index (χ0v) is 5.62. The van der Waals surface area contributed by atoms with Crippen molar-refractivity contribution in [1.82, 2.24) is 5.32 Å². The largest absolute Gasteiger partial charge is 0.365 e. The third-order valence-electron chi connectivity index (χ3n) is 1.73. The van der Waals surface area contributed by atoms with Crippen LogP contribution in [0.15, 0.2) is 48.4 Å². The molecule has 0 aromatic carbocycles. The maximum absolute atomic E-state index is 3.18. The lowest BCUT2D eigenvalue weighted by Gasteiger charge is -2.02. The summed E-state index contributed by atoms with van der Waals surface area (Å²) in [5.74, 6) is 0.481. The van der Waals surface area contributed by atoms with Crippen LogP contribution in [0.5, 0.6) is 0 Å². The first-order valence-corrected chi connectivity index (χ1v) is 3.45. The van der Waals surface area contributed by atoms with E-state index in [2.05, 4.69) is 29.6 Å². The lowest BCUT2D eigenvalue weighted by Crippen LogP contribution is -2.03. The van der Waals surface area contributed by atoms with Crippen LogP contribution >= 0.6 is 0 Å². The molecule has 50 valence electrons. The Morgan fingerprint density at radius 1 is 1.10 bits per heavy atom. The van der Waals surface area contributed by atoms with Crippen LogP contribution in [0.2, 0.25) is 0 Å². The van der Waals surface area contributed by atoms with E-state index in [0.717, 1.165) is 0 Å². The van der Waals surface area contributed by atoms with E-state index in [4.69, 9.17) is 0 Å².